The van der Waals surface area contributed by atoms with Gasteiger partial charge < -0.3 is 9.80 Å². The number of nitrogens with zero attached hydrogens (tertiary/aromatic N) is 8. The molecule has 0 bridgehead atoms. The highest BCUT2D eigenvalue weighted by molar-refractivity contribution is 7.99. The van der Waals surface area contributed by atoms with Crippen molar-refractivity contribution in [2.24, 2.45) is 0 Å². The third-order valence-electron chi connectivity index (χ3n) is 4.66. The van der Waals surface area contributed by atoms with Gasteiger partial charge in [0.25, 0.3) is 0 Å². The second kappa shape index (κ2) is 8.56. The van der Waals surface area contributed by atoms with Crippen LogP contribution in [0.3, 0.4) is 0 Å². The lowest BCUT2D eigenvalue weighted by molar-refractivity contribution is -0.128. The fourth-order valence-electron chi connectivity index (χ4n) is 3.25. The van der Waals surface area contributed by atoms with Crippen molar-refractivity contribution in [3.8, 4) is 5.69 Å². The van der Waals surface area contributed by atoms with Crippen molar-refractivity contribution in [2.45, 2.75) is 19.0 Å². The van der Waals surface area contributed by atoms with Crippen molar-refractivity contribution >= 4 is 23.6 Å². The van der Waals surface area contributed by atoms with Gasteiger partial charge in [-0.05, 0) is 42.5 Å². The van der Waals surface area contributed by atoms with Crippen LogP contribution in [0.2, 0.25) is 0 Å². The van der Waals surface area contributed by atoms with Gasteiger partial charge in [0.1, 0.15) is 0 Å². The SMILES string of the molecule is Cc1cc(C)nc(SCC(=O)N2CCN(c3nnnn3-c3ccccc3)CC2)n1. The lowest BCUT2D eigenvalue weighted by Gasteiger charge is -2.34. The van der Waals surface area contributed by atoms with E-state index in [0.717, 1.165) is 17.1 Å². The first-order valence-corrected chi connectivity index (χ1v) is 10.4. The maximum absolute atomic E-state index is 12.6. The molecule has 1 aliphatic heterocycles. The Bertz CT molecular complexity index is 965. The molecule has 0 unspecified atom stereocenters. The number of piperazine rings is 1. The zero-order chi connectivity index (χ0) is 20.2. The van der Waals surface area contributed by atoms with Crippen LogP contribution < -0.4 is 4.90 Å². The number of hydrogen-bond acceptors (Lipinski definition) is 8. The van der Waals surface area contributed by atoms with Crippen molar-refractivity contribution in [3.05, 3.63) is 47.8 Å². The average Bonchev–Trinajstić information content (AvgIpc) is 3.22. The molecule has 4 rings (SSSR count). The van der Waals surface area contributed by atoms with Crippen molar-refractivity contribution in [1.82, 2.24) is 35.1 Å². The van der Waals surface area contributed by atoms with E-state index >= 15 is 0 Å². The summed E-state index contributed by atoms with van der Waals surface area (Å²) in [6.07, 6.45) is 0. The molecule has 29 heavy (non-hydrogen) atoms. The van der Waals surface area contributed by atoms with Crippen LogP contribution in [-0.2, 0) is 4.79 Å². The average molecular weight is 411 g/mol. The first-order chi connectivity index (χ1) is 14.1. The van der Waals surface area contributed by atoms with E-state index in [1.807, 2.05) is 55.1 Å². The lowest BCUT2D eigenvalue weighted by atomic mass is 10.3. The number of carbonyl (C=O) groups is 1. The molecule has 1 aliphatic rings. The molecule has 0 atom stereocenters. The summed E-state index contributed by atoms with van der Waals surface area (Å²) in [5.41, 5.74) is 2.74. The number of benzene rings is 1. The summed E-state index contributed by atoms with van der Waals surface area (Å²) in [5, 5.41) is 12.8. The zero-order valence-corrected chi connectivity index (χ0v) is 17.2. The van der Waals surface area contributed by atoms with Crippen molar-refractivity contribution < 1.29 is 4.79 Å². The normalized spacial score (nSPS) is 14.3. The van der Waals surface area contributed by atoms with Gasteiger partial charge in [0.15, 0.2) is 5.16 Å². The monoisotopic (exact) mass is 410 g/mol. The first kappa shape index (κ1) is 19.3. The summed E-state index contributed by atoms with van der Waals surface area (Å²) >= 11 is 1.39. The van der Waals surface area contributed by atoms with Gasteiger partial charge in [-0.3, -0.25) is 4.79 Å². The van der Waals surface area contributed by atoms with Crippen LogP contribution in [0, 0.1) is 13.8 Å². The van der Waals surface area contributed by atoms with E-state index < -0.39 is 0 Å². The number of anilines is 1. The Morgan fingerprint density at radius 1 is 1.03 bits per heavy atom. The van der Waals surface area contributed by atoms with Gasteiger partial charge in [-0.15, -0.1) is 0 Å². The van der Waals surface area contributed by atoms with E-state index in [2.05, 4.69) is 30.4 Å². The number of para-hydroxylation sites is 1. The molecule has 3 heterocycles. The van der Waals surface area contributed by atoms with E-state index in [9.17, 15) is 4.79 Å². The van der Waals surface area contributed by atoms with Crippen LogP contribution >= 0.6 is 11.8 Å². The molecule has 0 spiro atoms. The second-order valence-corrected chi connectivity index (χ2v) is 7.76. The Morgan fingerprint density at radius 3 is 2.41 bits per heavy atom. The number of aromatic nitrogens is 6. The van der Waals surface area contributed by atoms with Crippen LogP contribution in [0.15, 0.2) is 41.6 Å². The van der Waals surface area contributed by atoms with Gasteiger partial charge in [0, 0.05) is 37.6 Å². The number of carbonyl (C=O) groups excluding carboxylic acids is 1. The highest BCUT2D eigenvalue weighted by Gasteiger charge is 2.25. The summed E-state index contributed by atoms with van der Waals surface area (Å²) in [4.78, 5) is 25.4. The Labute approximate surface area is 173 Å². The Hall–Kier alpha value is -3.01. The summed E-state index contributed by atoms with van der Waals surface area (Å²) in [6, 6.07) is 11.7. The van der Waals surface area contributed by atoms with Crippen LogP contribution in [0.5, 0.6) is 0 Å². The molecule has 10 heteroatoms. The summed E-state index contributed by atoms with van der Waals surface area (Å²) in [6.45, 7) is 6.50. The second-order valence-electron chi connectivity index (χ2n) is 6.82. The summed E-state index contributed by atoms with van der Waals surface area (Å²) in [7, 11) is 0. The maximum atomic E-state index is 12.6. The van der Waals surface area contributed by atoms with Gasteiger partial charge in [-0.1, -0.05) is 35.1 Å². The topological polar surface area (TPSA) is 92.9 Å². The van der Waals surface area contributed by atoms with Gasteiger partial charge in [-0.2, -0.15) is 4.68 Å². The van der Waals surface area contributed by atoms with Crippen molar-refractivity contribution in [3.63, 3.8) is 0 Å². The number of aryl methyl sites for hydroxylation is 2. The lowest BCUT2D eigenvalue weighted by Crippen LogP contribution is -2.50. The summed E-state index contributed by atoms with van der Waals surface area (Å²) in [5.74, 6) is 1.13. The molecule has 3 aromatic rings. The molecule has 1 fully saturated rings. The highest BCUT2D eigenvalue weighted by atomic mass is 32.2. The minimum Gasteiger partial charge on any atom is -0.338 e. The van der Waals surface area contributed by atoms with E-state index in [1.54, 1.807) is 4.68 Å². The molecule has 9 nitrogen and oxygen atoms in total. The number of thioether (sulfide) groups is 1. The third-order valence-corrected chi connectivity index (χ3v) is 5.49. The highest BCUT2D eigenvalue weighted by Crippen LogP contribution is 2.19. The maximum Gasteiger partial charge on any atom is 0.250 e. The van der Waals surface area contributed by atoms with Crippen LogP contribution in [-0.4, -0.2) is 72.9 Å². The van der Waals surface area contributed by atoms with E-state index in [-0.39, 0.29) is 5.91 Å². The van der Waals surface area contributed by atoms with Gasteiger partial charge in [0.2, 0.25) is 11.9 Å². The van der Waals surface area contributed by atoms with Crippen LogP contribution in [0.4, 0.5) is 5.95 Å². The predicted octanol–water partition coefficient (Wildman–Crippen LogP) is 1.51. The van der Waals surface area contributed by atoms with Gasteiger partial charge >= 0.3 is 0 Å². The fraction of sp³-hybridized carbons (Fsp3) is 0.368. The predicted molar refractivity (Wildman–Crippen MR) is 110 cm³/mol. The van der Waals surface area contributed by atoms with Crippen molar-refractivity contribution in [1.29, 1.82) is 0 Å². The smallest absolute Gasteiger partial charge is 0.250 e. The quantitative estimate of drug-likeness (QED) is 0.462. The standard InChI is InChI=1S/C19H22N8OS/c1-14-12-15(2)21-18(20-14)29-13-17(28)25-8-10-26(11-9-25)19-22-23-24-27(19)16-6-4-3-5-7-16/h3-7,12H,8-11,13H2,1-2H3. The van der Waals surface area contributed by atoms with E-state index in [4.69, 9.17) is 0 Å². The molecule has 1 amide bonds. The van der Waals surface area contributed by atoms with Gasteiger partial charge in [0.05, 0.1) is 11.4 Å². The van der Waals surface area contributed by atoms with E-state index in [0.29, 0.717) is 43.0 Å². The minimum atomic E-state index is 0.0973. The molecule has 2 aromatic heterocycles. The third kappa shape index (κ3) is 4.53. The molecule has 0 aliphatic carbocycles. The molecule has 1 aromatic carbocycles. The Balaban J connectivity index is 1.34. The molecule has 0 radical (unpaired) electrons. The largest absolute Gasteiger partial charge is 0.338 e. The van der Waals surface area contributed by atoms with Crippen LogP contribution in [0.1, 0.15) is 11.4 Å². The molecule has 1 saturated heterocycles. The number of hydrogen-bond donors (Lipinski definition) is 0. The van der Waals surface area contributed by atoms with Crippen LogP contribution in [0.25, 0.3) is 5.69 Å². The molecule has 0 saturated carbocycles. The minimum absolute atomic E-state index is 0.0973. The molecule has 0 N–H and O–H groups in total. The van der Waals surface area contributed by atoms with Gasteiger partial charge in [-0.25, -0.2) is 9.97 Å². The van der Waals surface area contributed by atoms with Crippen molar-refractivity contribution in [2.75, 3.05) is 36.8 Å². The Kier molecular flexibility index (Phi) is 5.70. The molecular formula is C19H22N8OS. The number of tetrazole rings is 1. The zero-order valence-electron chi connectivity index (χ0n) is 16.4. The summed E-state index contributed by atoms with van der Waals surface area (Å²) < 4.78 is 1.73. The van der Waals surface area contributed by atoms with E-state index in [1.165, 1.54) is 11.8 Å². The Morgan fingerprint density at radius 2 is 1.72 bits per heavy atom. The number of rotatable bonds is 5. The molecular weight excluding hydrogens is 388 g/mol. The molecule has 150 valence electrons. The fourth-order valence-corrected chi connectivity index (χ4v) is 4.10. The first-order valence-electron chi connectivity index (χ1n) is 9.42. The number of amides is 1.